The van der Waals surface area contributed by atoms with Crippen molar-refractivity contribution in [1.29, 1.82) is 5.26 Å². The van der Waals surface area contributed by atoms with Crippen LogP contribution in [-0.2, 0) is 0 Å². The number of rotatable bonds is 5. The quantitative estimate of drug-likeness (QED) is 0.597. The molecule has 1 aromatic rings. The number of anilines is 1. The minimum Gasteiger partial charge on any atom is -0.477 e. The van der Waals surface area contributed by atoms with Crippen LogP contribution in [0.5, 0.6) is 5.88 Å². The zero-order valence-electron chi connectivity index (χ0n) is 16.3. The molecule has 1 amide bonds. The minimum atomic E-state index is -0.858. The summed E-state index contributed by atoms with van der Waals surface area (Å²) < 4.78 is 6.35. The van der Waals surface area contributed by atoms with Crippen LogP contribution < -0.4 is 10.1 Å². The van der Waals surface area contributed by atoms with E-state index in [0.29, 0.717) is 23.9 Å². The van der Waals surface area contributed by atoms with Gasteiger partial charge in [-0.25, -0.2) is 4.79 Å². The van der Waals surface area contributed by atoms with Gasteiger partial charge in [-0.2, -0.15) is 10.2 Å². The average molecular weight is 486 g/mol. The molecule has 1 aliphatic rings. The summed E-state index contributed by atoms with van der Waals surface area (Å²) in [5, 5.41) is 22.3. The van der Waals surface area contributed by atoms with E-state index in [1.807, 2.05) is 27.7 Å². The monoisotopic (exact) mass is 486 g/mol. The Bertz CT molecular complexity index is 719. The standard InChI is InChI=1S/C19H27IN4O3/c1-5-27-17-12(11-21)10-15(20)16(23-17)22-13-6-8-14(9-7-13)24(18(25)26)19(2,3)4/h10,13-14H,5-9H2,1-4H3,(H,22,23)(H,25,26)/t13-,14-. The van der Waals surface area contributed by atoms with Crippen molar-refractivity contribution in [2.45, 2.75) is 71.0 Å². The highest BCUT2D eigenvalue weighted by atomic mass is 127. The van der Waals surface area contributed by atoms with Gasteiger partial charge in [0.2, 0.25) is 5.88 Å². The van der Waals surface area contributed by atoms with Crippen LogP contribution >= 0.6 is 22.6 Å². The van der Waals surface area contributed by atoms with Crippen molar-refractivity contribution >= 4 is 34.5 Å². The second-order valence-electron chi connectivity index (χ2n) is 7.69. The Morgan fingerprint density at radius 2 is 2.07 bits per heavy atom. The van der Waals surface area contributed by atoms with E-state index in [4.69, 9.17) is 4.74 Å². The van der Waals surface area contributed by atoms with Crippen molar-refractivity contribution in [3.8, 4) is 11.9 Å². The molecule has 1 aromatic heterocycles. The lowest BCUT2D eigenvalue weighted by Crippen LogP contribution is -2.52. The first kappa shape index (κ1) is 21.5. The predicted molar refractivity (Wildman–Crippen MR) is 112 cm³/mol. The van der Waals surface area contributed by atoms with Crippen molar-refractivity contribution in [2.75, 3.05) is 11.9 Å². The van der Waals surface area contributed by atoms with Gasteiger partial charge in [0.05, 0.1) is 10.2 Å². The van der Waals surface area contributed by atoms with E-state index in [1.165, 1.54) is 0 Å². The fourth-order valence-corrected chi connectivity index (χ4v) is 4.15. The van der Waals surface area contributed by atoms with E-state index in [1.54, 1.807) is 11.0 Å². The number of aromatic nitrogens is 1. The number of carbonyl (C=O) groups is 1. The maximum atomic E-state index is 11.7. The Hall–Kier alpha value is -1.76. The minimum absolute atomic E-state index is 0.0348. The lowest BCUT2D eigenvalue weighted by molar-refractivity contribution is 0.0556. The van der Waals surface area contributed by atoms with Gasteiger partial charge >= 0.3 is 6.09 Å². The predicted octanol–water partition coefficient (Wildman–Crippen LogP) is 4.46. The summed E-state index contributed by atoms with van der Waals surface area (Å²) in [6.07, 6.45) is 2.50. The molecule has 1 fully saturated rings. The molecule has 1 saturated carbocycles. The highest BCUT2D eigenvalue weighted by Gasteiger charge is 2.35. The molecule has 148 valence electrons. The number of halogens is 1. The van der Waals surface area contributed by atoms with Crippen LogP contribution in [0, 0.1) is 14.9 Å². The molecule has 0 aliphatic heterocycles. The van der Waals surface area contributed by atoms with Crippen LogP contribution in [0.4, 0.5) is 10.6 Å². The van der Waals surface area contributed by atoms with E-state index < -0.39 is 11.6 Å². The molecule has 1 aliphatic carbocycles. The van der Waals surface area contributed by atoms with Gasteiger partial charge in [0.15, 0.2) is 0 Å². The molecule has 0 saturated heterocycles. The average Bonchev–Trinajstić information content (AvgIpc) is 2.57. The van der Waals surface area contributed by atoms with Gasteiger partial charge < -0.3 is 20.1 Å². The van der Waals surface area contributed by atoms with Crippen molar-refractivity contribution in [2.24, 2.45) is 0 Å². The molecule has 1 heterocycles. The molecular formula is C19H27IN4O3. The molecular weight excluding hydrogens is 459 g/mol. The number of nitrogens with zero attached hydrogens (tertiary/aromatic N) is 3. The number of nitrogens with one attached hydrogen (secondary N) is 1. The summed E-state index contributed by atoms with van der Waals surface area (Å²) in [4.78, 5) is 17.7. The first-order chi connectivity index (χ1) is 12.7. The van der Waals surface area contributed by atoms with Crippen LogP contribution in [0.1, 0.15) is 58.9 Å². The van der Waals surface area contributed by atoms with Crippen LogP contribution in [0.2, 0.25) is 0 Å². The number of pyridine rings is 1. The summed E-state index contributed by atoms with van der Waals surface area (Å²) >= 11 is 2.17. The van der Waals surface area contributed by atoms with Gasteiger partial charge in [0.25, 0.3) is 0 Å². The van der Waals surface area contributed by atoms with Crippen LogP contribution in [0.3, 0.4) is 0 Å². The zero-order chi connectivity index (χ0) is 20.2. The zero-order valence-corrected chi connectivity index (χ0v) is 18.4. The topological polar surface area (TPSA) is 98.5 Å². The molecule has 0 aromatic carbocycles. The fraction of sp³-hybridized carbons (Fsp3) is 0.632. The van der Waals surface area contributed by atoms with Gasteiger partial charge in [-0.1, -0.05) is 0 Å². The summed E-state index contributed by atoms with van der Waals surface area (Å²) in [5.74, 6) is 1.06. The first-order valence-corrected chi connectivity index (χ1v) is 10.3. The number of ether oxygens (including phenoxy) is 1. The Labute approximate surface area is 174 Å². The van der Waals surface area contributed by atoms with Gasteiger partial charge in [0.1, 0.15) is 17.5 Å². The number of hydrogen-bond donors (Lipinski definition) is 2. The molecule has 0 bridgehead atoms. The van der Waals surface area contributed by atoms with E-state index in [0.717, 1.165) is 29.3 Å². The summed E-state index contributed by atoms with van der Waals surface area (Å²) in [6, 6.07) is 4.15. The van der Waals surface area contributed by atoms with E-state index in [9.17, 15) is 15.2 Å². The Morgan fingerprint density at radius 3 is 2.56 bits per heavy atom. The maximum absolute atomic E-state index is 11.7. The SMILES string of the molecule is CCOc1nc(N[C@H]2CC[C@H](N(C(=O)O)C(C)(C)C)CC2)c(I)cc1C#N. The summed E-state index contributed by atoms with van der Waals surface area (Å²) in [5.41, 5.74) is 0.0190. The highest BCUT2D eigenvalue weighted by molar-refractivity contribution is 14.1. The molecule has 27 heavy (non-hydrogen) atoms. The highest BCUT2D eigenvalue weighted by Crippen LogP contribution is 2.31. The third-order valence-corrected chi connectivity index (χ3v) is 5.50. The van der Waals surface area contributed by atoms with Crippen molar-refractivity contribution in [3.63, 3.8) is 0 Å². The summed E-state index contributed by atoms with van der Waals surface area (Å²) in [7, 11) is 0. The third kappa shape index (κ3) is 5.37. The number of carboxylic acid groups (broad SMARTS) is 1. The molecule has 2 N–H and O–H groups in total. The third-order valence-electron chi connectivity index (χ3n) is 4.67. The van der Waals surface area contributed by atoms with Gasteiger partial charge in [-0.05, 0) is 82.0 Å². The van der Waals surface area contributed by atoms with Crippen molar-refractivity contribution in [3.05, 3.63) is 15.2 Å². The molecule has 7 nitrogen and oxygen atoms in total. The first-order valence-electron chi connectivity index (χ1n) is 9.19. The van der Waals surface area contributed by atoms with Crippen molar-refractivity contribution in [1.82, 2.24) is 9.88 Å². The molecule has 0 unspecified atom stereocenters. The van der Waals surface area contributed by atoms with Crippen LogP contribution in [0.25, 0.3) is 0 Å². The second kappa shape index (κ2) is 8.95. The Balaban J connectivity index is 2.07. The lowest BCUT2D eigenvalue weighted by Gasteiger charge is -2.42. The normalized spacial score (nSPS) is 19.9. The van der Waals surface area contributed by atoms with Gasteiger partial charge in [0, 0.05) is 17.6 Å². The fourth-order valence-electron chi connectivity index (χ4n) is 3.56. The van der Waals surface area contributed by atoms with E-state index in [2.05, 4.69) is 39.0 Å². The Morgan fingerprint density at radius 1 is 1.44 bits per heavy atom. The largest absolute Gasteiger partial charge is 0.477 e. The number of amides is 1. The van der Waals surface area contributed by atoms with Crippen LogP contribution in [0.15, 0.2) is 6.07 Å². The molecule has 0 atom stereocenters. The molecule has 0 spiro atoms. The second-order valence-corrected chi connectivity index (χ2v) is 8.85. The smallest absolute Gasteiger partial charge is 0.407 e. The number of nitriles is 1. The molecule has 8 heteroatoms. The van der Waals surface area contributed by atoms with Crippen LogP contribution in [-0.4, -0.2) is 45.3 Å². The number of hydrogen-bond acceptors (Lipinski definition) is 5. The molecule has 0 radical (unpaired) electrons. The summed E-state index contributed by atoms with van der Waals surface area (Å²) in [6.45, 7) is 8.11. The van der Waals surface area contributed by atoms with E-state index in [-0.39, 0.29) is 12.1 Å². The van der Waals surface area contributed by atoms with E-state index >= 15 is 0 Å². The van der Waals surface area contributed by atoms with Gasteiger partial charge in [-0.3, -0.25) is 0 Å². The maximum Gasteiger partial charge on any atom is 0.407 e. The van der Waals surface area contributed by atoms with Gasteiger partial charge in [-0.15, -0.1) is 0 Å². The Kier molecular flexibility index (Phi) is 7.14. The lowest BCUT2D eigenvalue weighted by atomic mass is 9.88. The molecule has 2 rings (SSSR count). The van der Waals surface area contributed by atoms with Crippen molar-refractivity contribution < 1.29 is 14.6 Å².